The zero-order valence-corrected chi connectivity index (χ0v) is 10.6. The SMILES string of the molecule is CC(N)(P(=O)([O-])[O-])P(=O)([O-])[O-].[Sn+4]. The average molecular weight is 320 g/mol. The van der Waals surface area contributed by atoms with E-state index in [1.54, 1.807) is 0 Å². The molecule has 0 aromatic heterocycles. The predicted molar refractivity (Wildman–Crippen MR) is 33.6 cm³/mol. The van der Waals surface area contributed by atoms with Gasteiger partial charge in [-0.3, -0.25) is 0 Å². The van der Waals surface area contributed by atoms with Crippen LogP contribution in [0.2, 0.25) is 0 Å². The van der Waals surface area contributed by atoms with E-state index in [4.69, 9.17) is 0 Å². The molecule has 0 aliphatic rings. The normalized spacial score (nSPS) is 13.8. The Kier molecular flexibility index (Phi) is 5.25. The van der Waals surface area contributed by atoms with Crippen LogP contribution in [0.4, 0.5) is 0 Å². The number of hydrogen-bond acceptors (Lipinski definition) is 7. The van der Waals surface area contributed by atoms with E-state index in [9.17, 15) is 28.7 Å². The zero-order valence-electron chi connectivity index (χ0n) is 5.92. The number of rotatable bonds is 2. The van der Waals surface area contributed by atoms with Crippen molar-refractivity contribution in [1.29, 1.82) is 0 Å². The van der Waals surface area contributed by atoms with Crippen LogP contribution in [0, 0.1) is 0 Å². The standard InChI is InChI=1S/C2H9NO6P2.Sn/c1-2(3,10(4,5)6)11(7,8)9;/h3H2,1H3,(H2,4,5,6)(H2,7,8,9);/q;+4/p-4. The largest absolute Gasteiger partial charge is 4.00 e. The van der Waals surface area contributed by atoms with E-state index in [1.807, 2.05) is 0 Å². The maximum Gasteiger partial charge on any atom is 4.00 e. The molecule has 0 heterocycles. The van der Waals surface area contributed by atoms with Gasteiger partial charge in [0.15, 0.2) is 0 Å². The molecule has 0 fully saturated rings. The van der Waals surface area contributed by atoms with Crippen LogP contribution in [0.5, 0.6) is 0 Å². The van der Waals surface area contributed by atoms with Gasteiger partial charge in [-0.2, -0.15) is 0 Å². The molecule has 7 nitrogen and oxygen atoms in total. The van der Waals surface area contributed by atoms with E-state index in [-0.39, 0.29) is 23.9 Å². The van der Waals surface area contributed by atoms with E-state index in [1.165, 1.54) is 0 Å². The van der Waals surface area contributed by atoms with Crippen LogP contribution >= 0.6 is 15.2 Å². The minimum Gasteiger partial charge on any atom is -0.809 e. The molecule has 10 heteroatoms. The molecular weight excluding hydrogens is 315 g/mol. The van der Waals surface area contributed by atoms with Gasteiger partial charge in [0.25, 0.3) is 0 Å². The van der Waals surface area contributed by atoms with Crippen LogP contribution < -0.4 is 25.3 Å². The first-order valence-corrected chi connectivity index (χ1v) is 5.42. The molecule has 0 aromatic carbocycles. The predicted octanol–water partition coefficient (Wildman–Crippen LogP) is -3.93. The van der Waals surface area contributed by atoms with Crippen LogP contribution in [0.25, 0.3) is 0 Å². The fraction of sp³-hybridized carbons (Fsp3) is 1.00. The van der Waals surface area contributed by atoms with E-state index in [2.05, 4.69) is 5.73 Å². The molecule has 0 unspecified atom stereocenters. The van der Waals surface area contributed by atoms with Gasteiger partial charge in [-0.05, 0) is 22.1 Å². The van der Waals surface area contributed by atoms with Gasteiger partial charge in [0.1, 0.15) is 0 Å². The van der Waals surface area contributed by atoms with Gasteiger partial charge >= 0.3 is 23.9 Å². The van der Waals surface area contributed by atoms with Crippen molar-refractivity contribution < 1.29 is 28.7 Å². The third-order valence-corrected chi connectivity index (χ3v) is 4.80. The summed E-state index contributed by atoms with van der Waals surface area (Å²) in [7, 11) is -11.2. The summed E-state index contributed by atoms with van der Waals surface area (Å²) in [6.07, 6.45) is 0. The summed E-state index contributed by atoms with van der Waals surface area (Å²) < 4.78 is 20.1. The van der Waals surface area contributed by atoms with Gasteiger partial charge < -0.3 is 34.4 Å². The first-order valence-electron chi connectivity index (χ1n) is 2.33. The van der Waals surface area contributed by atoms with Crippen LogP contribution in [-0.2, 0) is 9.13 Å². The fourth-order valence-electron chi connectivity index (χ4n) is 0.150. The number of nitrogens with two attached hydrogens (primary N) is 1. The summed E-state index contributed by atoms with van der Waals surface area (Å²) in [6.45, 7) is 0.356. The van der Waals surface area contributed by atoms with Gasteiger partial charge in [0, 0.05) is 0 Å². The molecule has 0 aliphatic heterocycles. The number of hydrogen-bond donors (Lipinski definition) is 1. The molecule has 0 aliphatic carbocycles. The summed E-state index contributed by atoms with van der Waals surface area (Å²) in [5, 5.41) is -3.24. The smallest absolute Gasteiger partial charge is 0.809 e. The van der Waals surface area contributed by atoms with Crippen LogP contribution in [0.3, 0.4) is 0 Å². The van der Waals surface area contributed by atoms with Crippen LogP contribution in [0.1, 0.15) is 6.92 Å². The topological polar surface area (TPSA) is 152 Å². The molecule has 0 rings (SSSR count). The second-order valence-electron chi connectivity index (χ2n) is 2.09. The van der Waals surface area contributed by atoms with Crippen molar-refractivity contribution in [2.75, 3.05) is 0 Å². The van der Waals surface area contributed by atoms with Crippen molar-refractivity contribution in [3.05, 3.63) is 0 Å². The molecule has 2 N–H and O–H groups in total. The molecule has 0 amide bonds. The van der Waals surface area contributed by atoms with Crippen LogP contribution in [-0.4, -0.2) is 28.9 Å². The Bertz CT molecular complexity index is 216. The second kappa shape index (κ2) is 4.06. The Morgan fingerprint density at radius 3 is 1.25 bits per heavy atom. The Hall–Kier alpha value is 1.06. The Morgan fingerprint density at radius 2 is 1.25 bits per heavy atom. The monoisotopic (exact) mass is 321 g/mol. The maximum atomic E-state index is 10.1. The van der Waals surface area contributed by atoms with E-state index >= 15 is 0 Å². The molecule has 0 radical (unpaired) electrons. The first-order chi connectivity index (χ1) is 4.50. The molecule has 68 valence electrons. The second-order valence-corrected chi connectivity index (χ2v) is 6.29. The summed E-state index contributed by atoms with van der Waals surface area (Å²) >= 11 is 0. The minimum atomic E-state index is -5.60. The quantitative estimate of drug-likeness (QED) is 0.403. The molecule has 0 atom stereocenters. The van der Waals surface area contributed by atoms with Crippen molar-refractivity contribution in [1.82, 2.24) is 0 Å². The van der Waals surface area contributed by atoms with Gasteiger partial charge in [-0.1, -0.05) is 0 Å². The summed E-state index contributed by atoms with van der Waals surface area (Å²) in [4.78, 5) is 40.3. The van der Waals surface area contributed by atoms with E-state index in [0.717, 1.165) is 0 Å². The maximum absolute atomic E-state index is 10.1. The van der Waals surface area contributed by atoms with Crippen molar-refractivity contribution in [2.45, 2.75) is 11.9 Å². The Balaban J connectivity index is 0. The molecule has 0 bridgehead atoms. The third kappa shape index (κ3) is 3.08. The Morgan fingerprint density at radius 1 is 1.08 bits per heavy atom. The van der Waals surface area contributed by atoms with Crippen molar-refractivity contribution in [2.24, 2.45) is 5.73 Å². The first kappa shape index (κ1) is 15.5. The summed E-state index contributed by atoms with van der Waals surface area (Å²) in [5.74, 6) is 0. The average Bonchev–Trinajstić information content (AvgIpc) is 1.58. The van der Waals surface area contributed by atoms with E-state index in [0.29, 0.717) is 6.92 Å². The van der Waals surface area contributed by atoms with Crippen molar-refractivity contribution >= 4 is 39.1 Å². The minimum absolute atomic E-state index is 0. The van der Waals surface area contributed by atoms with Gasteiger partial charge in [0.05, 0.1) is 5.02 Å². The molecule has 12 heavy (non-hydrogen) atoms. The van der Waals surface area contributed by atoms with E-state index < -0.39 is 20.2 Å². The molecular formula is C2H5NO6P2Sn. The molecule has 0 aromatic rings. The van der Waals surface area contributed by atoms with Crippen molar-refractivity contribution in [3.63, 3.8) is 0 Å². The van der Waals surface area contributed by atoms with Crippen molar-refractivity contribution in [3.8, 4) is 0 Å². The molecule has 0 spiro atoms. The zero-order chi connectivity index (χ0) is 9.50. The third-order valence-electron chi connectivity index (χ3n) is 1.11. The van der Waals surface area contributed by atoms with Gasteiger partial charge in [-0.25, -0.2) is 0 Å². The summed E-state index contributed by atoms with van der Waals surface area (Å²) in [6, 6.07) is 0. The Labute approximate surface area is 85.6 Å². The van der Waals surface area contributed by atoms with Gasteiger partial charge in [0.2, 0.25) is 0 Å². The summed E-state index contributed by atoms with van der Waals surface area (Å²) in [5.41, 5.74) is 4.49. The van der Waals surface area contributed by atoms with Crippen LogP contribution in [0.15, 0.2) is 0 Å². The molecule has 0 saturated carbocycles. The van der Waals surface area contributed by atoms with Gasteiger partial charge in [-0.15, -0.1) is 0 Å². The fourth-order valence-corrected chi connectivity index (χ4v) is 1.35. The molecule has 0 saturated heterocycles.